The highest BCUT2D eigenvalue weighted by Crippen LogP contribution is 2.27. The first-order valence-electron chi connectivity index (χ1n) is 2.41. The van der Waals surface area contributed by atoms with Crippen molar-refractivity contribution in [1.82, 2.24) is 0 Å². The second-order valence-electron chi connectivity index (χ2n) is 1.68. The van der Waals surface area contributed by atoms with Crippen LogP contribution >= 0.6 is 72.7 Å². The normalized spacial score (nSPS) is 10.0. The van der Waals surface area contributed by atoms with E-state index >= 15 is 0 Å². The topological polar surface area (TPSA) is 0 Å². The van der Waals surface area contributed by atoms with E-state index < -0.39 is 0 Å². The van der Waals surface area contributed by atoms with E-state index in [2.05, 4.69) is 61.1 Å². The quantitative estimate of drug-likeness (QED) is 0.414. The molecule has 0 N–H and O–H groups in total. The molecule has 0 bridgehead atoms. The van der Waals surface area contributed by atoms with Crippen molar-refractivity contribution in [3.8, 4) is 0 Å². The molecular weight excluding hydrogens is 441 g/mol. The minimum Gasteiger partial charge on any atom is -0.0831 e. The maximum Gasteiger partial charge on any atom is 0.0550 e. The number of benzene rings is 1. The lowest BCUT2D eigenvalue weighted by Crippen LogP contribution is -1.78. The molecule has 0 aliphatic rings. The summed E-state index contributed by atoms with van der Waals surface area (Å²) in [5.74, 6) is 0. The molecule has 1 aromatic rings. The van der Waals surface area contributed by atoms with E-state index in [1.54, 1.807) is 0 Å². The molecule has 0 unspecified atom stereocenters. The van der Waals surface area contributed by atoms with Crippen LogP contribution in [-0.2, 0) is 0 Å². The Bertz CT molecular complexity index is 212. The number of rotatable bonds is 0. The van der Waals surface area contributed by atoms with Gasteiger partial charge in [0.05, 0.1) is 5.02 Å². The van der Waals surface area contributed by atoms with E-state index in [1.165, 1.54) is 0 Å². The summed E-state index contributed by atoms with van der Waals surface area (Å²) in [6.07, 6.45) is 0. The molecule has 54 valence electrons. The van der Waals surface area contributed by atoms with E-state index in [0.717, 1.165) is 16.6 Å². The summed E-state index contributed by atoms with van der Waals surface area (Å²) in [7, 11) is 0. The maximum absolute atomic E-state index is 5.85. The summed E-state index contributed by atoms with van der Waals surface area (Å²) in [5, 5.41) is 0.813. The molecule has 1 rings (SSSR count). The minimum atomic E-state index is 0.813. The van der Waals surface area contributed by atoms with E-state index in [9.17, 15) is 0 Å². The Balaban J connectivity index is 3.28. The van der Waals surface area contributed by atoms with Gasteiger partial charge in [0.15, 0.2) is 0 Å². The predicted octanol–water partition coefficient (Wildman–Crippen LogP) is 4.31. The lowest BCUT2D eigenvalue weighted by Gasteiger charge is -1.98. The molecule has 0 spiro atoms. The molecule has 0 aliphatic heterocycles. The van der Waals surface area contributed by atoms with E-state index in [1.807, 2.05) is 12.1 Å². The Morgan fingerprint density at radius 2 is 1.80 bits per heavy atom. The van der Waals surface area contributed by atoms with Crippen LogP contribution in [-0.4, -0.2) is 0 Å². The van der Waals surface area contributed by atoms with Crippen molar-refractivity contribution >= 4 is 72.7 Å². The van der Waals surface area contributed by atoms with Crippen LogP contribution in [0.5, 0.6) is 0 Å². The monoisotopic (exact) mass is 442 g/mol. The van der Waals surface area contributed by atoms with Gasteiger partial charge in [0.2, 0.25) is 0 Å². The van der Waals surface area contributed by atoms with Crippen LogP contribution in [0.3, 0.4) is 0 Å². The van der Waals surface area contributed by atoms with Crippen molar-refractivity contribution in [1.29, 1.82) is 0 Å². The van der Waals surface area contributed by atoms with Crippen molar-refractivity contribution in [3.05, 3.63) is 28.8 Å². The van der Waals surface area contributed by atoms with Crippen LogP contribution in [0.15, 0.2) is 16.6 Å². The highest BCUT2D eigenvalue weighted by molar-refractivity contribution is 14.1. The average molecular weight is 443 g/mol. The minimum absolute atomic E-state index is 0.813. The predicted molar refractivity (Wildman–Crippen MR) is 64.6 cm³/mol. The summed E-state index contributed by atoms with van der Waals surface area (Å²) >= 11 is 13.7. The van der Waals surface area contributed by atoms with Gasteiger partial charge in [0.1, 0.15) is 0 Å². The zero-order valence-electron chi connectivity index (χ0n) is 4.67. The molecule has 4 heteroatoms. The molecule has 0 heterocycles. The molecule has 0 fully saturated rings. The van der Waals surface area contributed by atoms with Crippen molar-refractivity contribution < 1.29 is 0 Å². The molecule has 0 saturated carbocycles. The van der Waals surface area contributed by atoms with Crippen LogP contribution in [0, 0.1) is 7.14 Å². The summed E-state index contributed by atoms with van der Waals surface area (Å²) < 4.78 is 3.32. The smallest absolute Gasteiger partial charge is 0.0550 e. The van der Waals surface area contributed by atoms with Crippen molar-refractivity contribution in [2.24, 2.45) is 0 Å². The van der Waals surface area contributed by atoms with Crippen molar-refractivity contribution in [3.63, 3.8) is 0 Å². The summed E-state index contributed by atoms with van der Waals surface area (Å²) in [6.45, 7) is 0. The van der Waals surface area contributed by atoms with Gasteiger partial charge in [-0.2, -0.15) is 0 Å². The Morgan fingerprint density at radius 3 is 2.30 bits per heavy atom. The van der Waals surface area contributed by atoms with Crippen LogP contribution in [0.1, 0.15) is 0 Å². The molecular formula is C6H2BrClI2. The van der Waals surface area contributed by atoms with Gasteiger partial charge in [-0.1, -0.05) is 11.6 Å². The highest BCUT2D eigenvalue weighted by Gasteiger charge is 2.00. The molecule has 1 aromatic carbocycles. The average Bonchev–Trinajstić information content (AvgIpc) is 1.84. The zero-order valence-corrected chi connectivity index (χ0v) is 11.3. The van der Waals surface area contributed by atoms with Gasteiger partial charge in [0.25, 0.3) is 0 Å². The third-order valence-corrected chi connectivity index (χ3v) is 4.78. The summed E-state index contributed by atoms with van der Waals surface area (Å²) in [4.78, 5) is 0. The summed E-state index contributed by atoms with van der Waals surface area (Å²) in [5.41, 5.74) is 0. The Kier molecular flexibility index (Phi) is 3.73. The molecule has 0 nitrogen and oxygen atoms in total. The maximum atomic E-state index is 5.85. The Morgan fingerprint density at radius 1 is 1.20 bits per heavy atom. The van der Waals surface area contributed by atoms with Crippen LogP contribution in [0.4, 0.5) is 0 Å². The van der Waals surface area contributed by atoms with Gasteiger partial charge in [0, 0.05) is 11.6 Å². The van der Waals surface area contributed by atoms with Crippen LogP contribution in [0.25, 0.3) is 0 Å². The molecule has 0 amide bonds. The summed E-state index contributed by atoms with van der Waals surface area (Å²) in [6, 6.07) is 3.94. The lowest BCUT2D eigenvalue weighted by atomic mass is 10.4. The van der Waals surface area contributed by atoms with E-state index in [-0.39, 0.29) is 0 Å². The fourth-order valence-corrected chi connectivity index (χ4v) is 2.55. The fraction of sp³-hybridized carbons (Fsp3) is 0. The SMILES string of the molecule is Clc1cc(I)c(Br)cc1I. The third kappa shape index (κ3) is 2.22. The molecule has 0 aliphatic carbocycles. The largest absolute Gasteiger partial charge is 0.0831 e. The van der Waals surface area contributed by atoms with Crippen LogP contribution < -0.4 is 0 Å². The molecule has 0 aromatic heterocycles. The van der Waals surface area contributed by atoms with Gasteiger partial charge in [-0.3, -0.25) is 0 Å². The Hall–Kier alpha value is 1.45. The van der Waals surface area contributed by atoms with Gasteiger partial charge in [-0.15, -0.1) is 0 Å². The molecule has 0 atom stereocenters. The number of halogens is 4. The molecule has 10 heavy (non-hydrogen) atoms. The lowest BCUT2D eigenvalue weighted by molar-refractivity contribution is 1.54. The first-order chi connectivity index (χ1) is 4.61. The third-order valence-electron chi connectivity index (χ3n) is 0.963. The number of hydrogen-bond acceptors (Lipinski definition) is 0. The van der Waals surface area contributed by atoms with Crippen LogP contribution in [0.2, 0.25) is 5.02 Å². The molecule has 0 radical (unpaired) electrons. The zero-order chi connectivity index (χ0) is 7.72. The van der Waals surface area contributed by atoms with Gasteiger partial charge >= 0.3 is 0 Å². The fourth-order valence-electron chi connectivity index (χ4n) is 0.498. The van der Waals surface area contributed by atoms with E-state index in [0.29, 0.717) is 0 Å². The highest BCUT2D eigenvalue weighted by atomic mass is 127. The first kappa shape index (κ1) is 9.54. The first-order valence-corrected chi connectivity index (χ1v) is 5.74. The van der Waals surface area contributed by atoms with Gasteiger partial charge in [-0.05, 0) is 73.2 Å². The Labute approximate surface area is 100 Å². The van der Waals surface area contributed by atoms with E-state index in [4.69, 9.17) is 11.6 Å². The van der Waals surface area contributed by atoms with Crippen molar-refractivity contribution in [2.45, 2.75) is 0 Å². The number of hydrogen-bond donors (Lipinski definition) is 0. The van der Waals surface area contributed by atoms with Gasteiger partial charge < -0.3 is 0 Å². The van der Waals surface area contributed by atoms with Crippen molar-refractivity contribution in [2.75, 3.05) is 0 Å². The second kappa shape index (κ2) is 3.91. The second-order valence-corrected chi connectivity index (χ2v) is 5.27. The van der Waals surface area contributed by atoms with Gasteiger partial charge in [-0.25, -0.2) is 0 Å². The molecule has 0 saturated heterocycles. The standard InChI is InChI=1S/C6H2BrClI2/c7-3-1-6(10)4(8)2-5(3)9/h1-2H.